The number of hydrogen-bond acceptors (Lipinski definition) is 2. The molecular formula is C12H20F6N2. The Balaban J connectivity index is 3.06. The topological polar surface area (TPSA) is 38.0 Å². The zero-order valence-corrected chi connectivity index (χ0v) is 11.2. The fourth-order valence-corrected chi connectivity index (χ4v) is 3.28. The number of rotatable bonds is 4. The van der Waals surface area contributed by atoms with Gasteiger partial charge in [-0.05, 0) is 18.3 Å². The predicted molar refractivity (Wildman–Crippen MR) is 62.5 cm³/mol. The van der Waals surface area contributed by atoms with E-state index in [0.29, 0.717) is 25.7 Å². The minimum atomic E-state index is -5.36. The van der Waals surface area contributed by atoms with Crippen molar-refractivity contribution in [3.63, 3.8) is 0 Å². The van der Waals surface area contributed by atoms with E-state index >= 15 is 0 Å². The quantitative estimate of drug-likeness (QED) is 0.471. The normalized spacial score (nSPS) is 26.9. The van der Waals surface area contributed by atoms with E-state index in [1.807, 2.05) is 5.43 Å². The molecule has 1 aliphatic rings. The van der Waals surface area contributed by atoms with Crippen LogP contribution in [0.4, 0.5) is 26.3 Å². The maximum Gasteiger partial charge on any atom is 0.402 e. The standard InChI is InChI=1S/C12H20F6N2/c1-2-7-5-3-4-6-8(7)9(20-19)10(11(13,14)15)12(16,17)18/h7-10,20H,2-6,19H2,1H3. The average molecular weight is 306 g/mol. The van der Waals surface area contributed by atoms with E-state index in [1.54, 1.807) is 6.92 Å². The third-order valence-corrected chi connectivity index (χ3v) is 4.21. The van der Waals surface area contributed by atoms with Crippen LogP contribution in [-0.4, -0.2) is 18.4 Å². The van der Waals surface area contributed by atoms with Gasteiger partial charge < -0.3 is 0 Å². The number of alkyl halides is 6. The molecule has 1 rings (SSSR count). The lowest BCUT2D eigenvalue weighted by molar-refractivity contribution is -0.296. The van der Waals surface area contributed by atoms with Crippen molar-refractivity contribution in [3.8, 4) is 0 Å². The third-order valence-electron chi connectivity index (χ3n) is 4.21. The molecule has 0 radical (unpaired) electrons. The van der Waals surface area contributed by atoms with Crippen LogP contribution in [0.25, 0.3) is 0 Å². The molecule has 1 aliphatic carbocycles. The van der Waals surface area contributed by atoms with Crippen LogP contribution in [0, 0.1) is 17.8 Å². The average Bonchev–Trinajstić information content (AvgIpc) is 2.32. The van der Waals surface area contributed by atoms with Crippen molar-refractivity contribution in [1.29, 1.82) is 0 Å². The van der Waals surface area contributed by atoms with Crippen molar-refractivity contribution in [1.82, 2.24) is 5.43 Å². The first kappa shape index (κ1) is 17.6. The number of nitrogens with two attached hydrogens (primary N) is 1. The lowest BCUT2D eigenvalue weighted by Gasteiger charge is -2.41. The smallest absolute Gasteiger partial charge is 0.271 e. The molecule has 0 aromatic heterocycles. The van der Waals surface area contributed by atoms with Crippen LogP contribution in [0.1, 0.15) is 39.0 Å². The van der Waals surface area contributed by atoms with Gasteiger partial charge in [0.1, 0.15) is 0 Å². The molecule has 0 aliphatic heterocycles. The monoisotopic (exact) mass is 306 g/mol. The van der Waals surface area contributed by atoms with Crippen LogP contribution in [0.3, 0.4) is 0 Å². The first-order valence-corrected chi connectivity index (χ1v) is 6.72. The second-order valence-electron chi connectivity index (χ2n) is 5.37. The fourth-order valence-electron chi connectivity index (χ4n) is 3.28. The highest BCUT2D eigenvalue weighted by molar-refractivity contribution is 4.93. The maximum absolute atomic E-state index is 12.8. The fraction of sp³-hybridized carbons (Fsp3) is 1.00. The van der Waals surface area contributed by atoms with Crippen LogP contribution >= 0.6 is 0 Å². The van der Waals surface area contributed by atoms with Crippen LogP contribution < -0.4 is 11.3 Å². The third kappa shape index (κ3) is 4.00. The van der Waals surface area contributed by atoms with Gasteiger partial charge in [-0.1, -0.05) is 32.6 Å². The second-order valence-corrected chi connectivity index (χ2v) is 5.37. The van der Waals surface area contributed by atoms with Gasteiger partial charge in [0, 0.05) is 6.04 Å². The van der Waals surface area contributed by atoms with Gasteiger partial charge in [0.2, 0.25) is 0 Å². The van der Waals surface area contributed by atoms with Crippen molar-refractivity contribution in [2.75, 3.05) is 0 Å². The van der Waals surface area contributed by atoms with Crippen molar-refractivity contribution < 1.29 is 26.3 Å². The summed E-state index contributed by atoms with van der Waals surface area (Å²) in [4.78, 5) is 0. The van der Waals surface area contributed by atoms with Gasteiger partial charge in [-0.25, -0.2) is 0 Å². The van der Waals surface area contributed by atoms with Gasteiger partial charge in [-0.3, -0.25) is 11.3 Å². The summed E-state index contributed by atoms with van der Waals surface area (Å²) in [7, 11) is 0. The Bertz CT molecular complexity index is 287. The molecule has 0 amide bonds. The predicted octanol–water partition coefficient (Wildman–Crippen LogP) is 3.78. The molecule has 120 valence electrons. The number of hydrazine groups is 1. The van der Waals surface area contributed by atoms with E-state index in [-0.39, 0.29) is 5.92 Å². The zero-order valence-electron chi connectivity index (χ0n) is 11.2. The Morgan fingerprint density at radius 3 is 1.95 bits per heavy atom. The Kier molecular flexibility index (Phi) is 5.71. The van der Waals surface area contributed by atoms with Crippen molar-refractivity contribution in [2.24, 2.45) is 23.6 Å². The van der Waals surface area contributed by atoms with Crippen LogP contribution in [-0.2, 0) is 0 Å². The molecule has 8 heteroatoms. The molecule has 0 aromatic rings. The lowest BCUT2D eigenvalue weighted by atomic mass is 9.70. The van der Waals surface area contributed by atoms with Gasteiger partial charge in [-0.2, -0.15) is 26.3 Å². The molecule has 3 atom stereocenters. The van der Waals surface area contributed by atoms with E-state index in [2.05, 4.69) is 0 Å². The lowest BCUT2D eigenvalue weighted by Crippen LogP contribution is -2.57. The molecule has 20 heavy (non-hydrogen) atoms. The highest BCUT2D eigenvalue weighted by atomic mass is 19.4. The molecule has 0 heterocycles. The van der Waals surface area contributed by atoms with Crippen LogP contribution in [0.5, 0.6) is 0 Å². The summed E-state index contributed by atoms with van der Waals surface area (Å²) in [6.07, 6.45) is -7.67. The van der Waals surface area contributed by atoms with Gasteiger partial charge in [0.05, 0.1) is 0 Å². The minimum Gasteiger partial charge on any atom is -0.271 e. The van der Waals surface area contributed by atoms with Gasteiger partial charge in [-0.15, -0.1) is 0 Å². The molecule has 0 spiro atoms. The van der Waals surface area contributed by atoms with Gasteiger partial charge >= 0.3 is 12.4 Å². The van der Waals surface area contributed by atoms with Crippen molar-refractivity contribution in [2.45, 2.75) is 57.4 Å². The van der Waals surface area contributed by atoms with Crippen LogP contribution in [0.15, 0.2) is 0 Å². The summed E-state index contributed by atoms with van der Waals surface area (Å²) in [5.41, 5.74) is 1.81. The number of halogens is 6. The Morgan fingerprint density at radius 2 is 1.55 bits per heavy atom. The van der Waals surface area contributed by atoms with Gasteiger partial charge in [0.15, 0.2) is 5.92 Å². The molecule has 1 fully saturated rings. The zero-order chi connectivity index (χ0) is 15.6. The number of hydrogen-bond donors (Lipinski definition) is 2. The maximum atomic E-state index is 12.8. The second kappa shape index (κ2) is 6.51. The van der Waals surface area contributed by atoms with Crippen molar-refractivity contribution in [3.05, 3.63) is 0 Å². The Morgan fingerprint density at radius 1 is 1.05 bits per heavy atom. The minimum absolute atomic E-state index is 0.156. The van der Waals surface area contributed by atoms with Crippen molar-refractivity contribution >= 4 is 0 Å². The summed E-state index contributed by atoms with van der Waals surface area (Å²) >= 11 is 0. The molecule has 0 saturated heterocycles. The Hall–Kier alpha value is -0.500. The highest BCUT2D eigenvalue weighted by Gasteiger charge is 2.61. The summed E-state index contributed by atoms with van der Waals surface area (Å²) in [5, 5.41) is 0. The highest BCUT2D eigenvalue weighted by Crippen LogP contribution is 2.46. The Labute approximate surface area is 114 Å². The molecule has 3 unspecified atom stereocenters. The summed E-state index contributed by atoms with van der Waals surface area (Å²) in [6.45, 7) is 1.78. The van der Waals surface area contributed by atoms with Gasteiger partial charge in [0.25, 0.3) is 0 Å². The first-order chi connectivity index (χ1) is 9.12. The van der Waals surface area contributed by atoms with E-state index in [1.165, 1.54) is 0 Å². The van der Waals surface area contributed by atoms with E-state index in [4.69, 9.17) is 5.84 Å². The molecule has 0 bridgehead atoms. The summed E-state index contributed by atoms with van der Waals surface area (Å²) in [6, 6.07) is -1.82. The van der Waals surface area contributed by atoms with E-state index in [9.17, 15) is 26.3 Å². The molecular weight excluding hydrogens is 286 g/mol. The van der Waals surface area contributed by atoms with Crippen LogP contribution in [0.2, 0.25) is 0 Å². The number of nitrogens with one attached hydrogen (secondary N) is 1. The molecule has 3 N–H and O–H groups in total. The SMILES string of the molecule is CCC1CCCCC1C(NN)C(C(F)(F)F)C(F)(F)F. The first-order valence-electron chi connectivity index (χ1n) is 6.72. The summed E-state index contributed by atoms with van der Waals surface area (Å²) in [5.74, 6) is 0.788. The molecule has 2 nitrogen and oxygen atoms in total. The molecule has 0 aromatic carbocycles. The van der Waals surface area contributed by atoms with E-state index < -0.39 is 30.2 Å². The molecule has 1 saturated carbocycles. The summed E-state index contributed by atoms with van der Waals surface area (Å²) < 4.78 is 76.9. The largest absolute Gasteiger partial charge is 0.402 e. The van der Waals surface area contributed by atoms with E-state index in [0.717, 1.165) is 6.42 Å².